The van der Waals surface area contributed by atoms with Crippen LogP contribution in [-0.2, 0) is 9.53 Å². The zero-order valence-electron chi connectivity index (χ0n) is 9.28. The second-order valence-corrected chi connectivity index (χ2v) is 4.68. The van der Waals surface area contributed by atoms with E-state index in [0.717, 1.165) is 25.9 Å². The number of rotatable bonds is 3. The molecule has 0 unspecified atom stereocenters. The van der Waals surface area contributed by atoms with Gasteiger partial charge in [-0.3, -0.25) is 4.79 Å². The second kappa shape index (κ2) is 4.90. The van der Waals surface area contributed by atoms with Crippen LogP contribution in [0, 0.1) is 5.41 Å². The molecule has 0 saturated carbocycles. The minimum atomic E-state index is -0.0841. The molecule has 0 aromatic carbocycles. The maximum absolute atomic E-state index is 11.5. The molecule has 2 N–H and O–H groups in total. The number of amides is 1. The fourth-order valence-electron chi connectivity index (χ4n) is 1.71. The van der Waals surface area contributed by atoms with Gasteiger partial charge in [0, 0.05) is 25.6 Å². The van der Waals surface area contributed by atoms with Gasteiger partial charge in [-0.05, 0) is 12.8 Å². The fourth-order valence-corrected chi connectivity index (χ4v) is 1.91. The third-order valence-electron chi connectivity index (χ3n) is 3.08. The lowest BCUT2D eigenvalue weighted by molar-refractivity contribution is -0.136. The van der Waals surface area contributed by atoms with Crippen LogP contribution in [0.4, 0.5) is 0 Å². The molecule has 15 heavy (non-hydrogen) atoms. The number of carbonyl (C=O) groups excluding carboxylic acids is 1. The topological polar surface area (TPSA) is 55.6 Å². The van der Waals surface area contributed by atoms with Crippen molar-refractivity contribution in [1.29, 1.82) is 0 Å². The molecule has 1 aliphatic rings. The summed E-state index contributed by atoms with van der Waals surface area (Å²) in [6.45, 7) is 3.66. The largest absolute Gasteiger partial charge is 0.393 e. The third-order valence-corrected chi connectivity index (χ3v) is 3.58. The van der Waals surface area contributed by atoms with Crippen LogP contribution in [0.3, 0.4) is 0 Å². The molecule has 1 saturated heterocycles. The van der Waals surface area contributed by atoms with Gasteiger partial charge >= 0.3 is 0 Å². The number of hydrogen-bond donors (Lipinski definition) is 1. The van der Waals surface area contributed by atoms with Gasteiger partial charge < -0.3 is 15.4 Å². The molecule has 0 spiro atoms. The van der Waals surface area contributed by atoms with E-state index in [9.17, 15) is 4.79 Å². The van der Waals surface area contributed by atoms with E-state index in [0.29, 0.717) is 4.99 Å². The lowest BCUT2D eigenvalue weighted by atomic mass is 9.80. The van der Waals surface area contributed by atoms with E-state index in [2.05, 4.69) is 6.92 Å². The van der Waals surface area contributed by atoms with Gasteiger partial charge in [-0.1, -0.05) is 19.1 Å². The van der Waals surface area contributed by atoms with Crippen molar-refractivity contribution in [3.8, 4) is 0 Å². The Morgan fingerprint density at radius 3 is 2.47 bits per heavy atom. The number of carbonyl (C=O) groups is 1. The molecule has 1 fully saturated rings. The average molecular weight is 230 g/mol. The number of piperidine rings is 1. The Bertz CT molecular complexity index is 260. The number of thiocarbonyl (C=S) groups is 1. The first-order valence-electron chi connectivity index (χ1n) is 5.06. The summed E-state index contributed by atoms with van der Waals surface area (Å²) < 4.78 is 4.81. The summed E-state index contributed by atoms with van der Waals surface area (Å²) in [7, 11) is 1.53. The lowest BCUT2D eigenvalue weighted by Crippen LogP contribution is -2.47. The predicted molar refractivity (Wildman–Crippen MR) is 62.6 cm³/mol. The molecule has 1 amide bonds. The molecule has 0 bridgehead atoms. The van der Waals surface area contributed by atoms with Crippen LogP contribution < -0.4 is 5.73 Å². The Hall–Kier alpha value is -0.680. The first-order chi connectivity index (χ1) is 6.99. The minimum Gasteiger partial charge on any atom is -0.393 e. The molecule has 1 aliphatic heterocycles. The van der Waals surface area contributed by atoms with Crippen LogP contribution in [0.5, 0.6) is 0 Å². The van der Waals surface area contributed by atoms with Crippen LogP contribution in [0.15, 0.2) is 0 Å². The summed E-state index contributed by atoms with van der Waals surface area (Å²) in [6.07, 6.45) is 1.69. The van der Waals surface area contributed by atoms with E-state index in [-0.39, 0.29) is 17.9 Å². The highest BCUT2D eigenvalue weighted by Gasteiger charge is 2.33. The molecule has 5 heteroatoms. The van der Waals surface area contributed by atoms with Crippen LogP contribution in [0.1, 0.15) is 19.8 Å². The van der Waals surface area contributed by atoms with Crippen LogP contribution in [-0.4, -0.2) is 42.6 Å². The van der Waals surface area contributed by atoms with Gasteiger partial charge in [-0.25, -0.2) is 0 Å². The van der Waals surface area contributed by atoms with E-state index in [1.165, 1.54) is 7.11 Å². The van der Waals surface area contributed by atoms with Crippen molar-refractivity contribution in [2.24, 2.45) is 11.1 Å². The smallest absolute Gasteiger partial charge is 0.248 e. The Balaban J connectivity index is 2.49. The SMILES string of the molecule is COCC(=O)N1CCC(C)(C(N)=S)CC1. The van der Waals surface area contributed by atoms with Gasteiger partial charge in [0.05, 0.1) is 4.99 Å². The number of hydrogen-bond acceptors (Lipinski definition) is 3. The van der Waals surface area contributed by atoms with Crippen LogP contribution >= 0.6 is 12.2 Å². The van der Waals surface area contributed by atoms with Crippen molar-refractivity contribution in [2.45, 2.75) is 19.8 Å². The van der Waals surface area contributed by atoms with Gasteiger partial charge in [0.2, 0.25) is 5.91 Å². The quantitative estimate of drug-likeness (QED) is 0.719. The first kappa shape index (κ1) is 12.4. The van der Waals surface area contributed by atoms with Crippen LogP contribution in [0.2, 0.25) is 0 Å². The standard InChI is InChI=1S/C10H18N2O2S/c1-10(9(11)15)3-5-12(6-4-10)8(13)7-14-2/h3-7H2,1-2H3,(H2,11,15). The number of methoxy groups -OCH3 is 1. The summed E-state index contributed by atoms with van der Waals surface area (Å²) in [5.74, 6) is 0.0440. The summed E-state index contributed by atoms with van der Waals surface area (Å²) >= 11 is 5.03. The molecule has 1 rings (SSSR count). The van der Waals surface area contributed by atoms with Gasteiger partial charge in [-0.15, -0.1) is 0 Å². The second-order valence-electron chi connectivity index (χ2n) is 4.24. The van der Waals surface area contributed by atoms with E-state index in [4.69, 9.17) is 22.7 Å². The summed E-state index contributed by atoms with van der Waals surface area (Å²) in [5.41, 5.74) is 5.60. The zero-order chi connectivity index (χ0) is 11.5. The van der Waals surface area contributed by atoms with E-state index in [1.807, 2.05) is 4.90 Å². The van der Waals surface area contributed by atoms with Gasteiger partial charge in [0.25, 0.3) is 0 Å². The maximum atomic E-state index is 11.5. The Morgan fingerprint density at radius 1 is 1.53 bits per heavy atom. The molecular weight excluding hydrogens is 212 g/mol. The molecule has 0 aromatic heterocycles. The molecular formula is C10H18N2O2S. The summed E-state index contributed by atoms with van der Waals surface area (Å²) in [4.78, 5) is 13.9. The van der Waals surface area contributed by atoms with Crippen molar-refractivity contribution < 1.29 is 9.53 Å². The zero-order valence-corrected chi connectivity index (χ0v) is 10.1. The summed E-state index contributed by atoms with van der Waals surface area (Å²) in [5, 5.41) is 0. The highest BCUT2D eigenvalue weighted by molar-refractivity contribution is 7.80. The number of ether oxygens (including phenoxy) is 1. The average Bonchev–Trinajstić information content (AvgIpc) is 2.19. The van der Waals surface area contributed by atoms with Crippen LogP contribution in [0.25, 0.3) is 0 Å². The van der Waals surface area contributed by atoms with Crippen molar-refractivity contribution in [2.75, 3.05) is 26.8 Å². The van der Waals surface area contributed by atoms with E-state index < -0.39 is 0 Å². The highest BCUT2D eigenvalue weighted by Crippen LogP contribution is 2.31. The molecule has 1 heterocycles. The van der Waals surface area contributed by atoms with Crippen molar-refractivity contribution in [3.05, 3.63) is 0 Å². The van der Waals surface area contributed by atoms with Gasteiger partial charge in [0.15, 0.2) is 0 Å². The first-order valence-corrected chi connectivity index (χ1v) is 5.47. The molecule has 86 valence electrons. The lowest BCUT2D eigenvalue weighted by Gasteiger charge is -2.38. The Kier molecular flexibility index (Phi) is 4.04. The monoisotopic (exact) mass is 230 g/mol. The maximum Gasteiger partial charge on any atom is 0.248 e. The molecule has 0 aliphatic carbocycles. The molecule has 4 nitrogen and oxygen atoms in total. The molecule has 0 atom stereocenters. The molecule has 0 radical (unpaired) electrons. The highest BCUT2D eigenvalue weighted by atomic mass is 32.1. The number of likely N-dealkylation sites (tertiary alicyclic amines) is 1. The normalized spacial score (nSPS) is 20.0. The Labute approximate surface area is 95.8 Å². The Morgan fingerprint density at radius 2 is 2.07 bits per heavy atom. The minimum absolute atomic E-state index is 0.0440. The van der Waals surface area contributed by atoms with Gasteiger partial charge in [-0.2, -0.15) is 0 Å². The van der Waals surface area contributed by atoms with Gasteiger partial charge in [0.1, 0.15) is 6.61 Å². The predicted octanol–water partition coefficient (Wildman–Crippen LogP) is 0.548. The van der Waals surface area contributed by atoms with E-state index >= 15 is 0 Å². The molecule has 0 aromatic rings. The van der Waals surface area contributed by atoms with Crippen molar-refractivity contribution in [3.63, 3.8) is 0 Å². The number of nitrogens with zero attached hydrogens (tertiary/aromatic N) is 1. The third kappa shape index (κ3) is 2.89. The van der Waals surface area contributed by atoms with Crippen molar-refractivity contribution in [1.82, 2.24) is 4.90 Å². The fraction of sp³-hybridized carbons (Fsp3) is 0.800. The van der Waals surface area contributed by atoms with E-state index in [1.54, 1.807) is 0 Å². The number of nitrogens with two attached hydrogens (primary N) is 1. The summed E-state index contributed by atoms with van der Waals surface area (Å²) in [6, 6.07) is 0. The van der Waals surface area contributed by atoms with Crippen molar-refractivity contribution >= 4 is 23.1 Å².